The third-order valence-corrected chi connectivity index (χ3v) is 4.17. The Kier molecular flexibility index (Phi) is 4.38. The van der Waals surface area contributed by atoms with E-state index >= 15 is 0 Å². The number of hydrogen-bond acceptors (Lipinski definition) is 1. The molecule has 0 aromatic heterocycles. The van der Waals surface area contributed by atoms with E-state index in [9.17, 15) is 0 Å². The van der Waals surface area contributed by atoms with Gasteiger partial charge in [0.05, 0.1) is 15.7 Å². The van der Waals surface area contributed by atoms with Gasteiger partial charge in [-0.2, -0.15) is 0 Å². The molecule has 0 aliphatic heterocycles. The van der Waals surface area contributed by atoms with Gasteiger partial charge in [-0.25, -0.2) is 0 Å². The highest BCUT2D eigenvalue weighted by molar-refractivity contribution is 6.43. The number of halogens is 2. The second-order valence-corrected chi connectivity index (χ2v) is 5.60. The third-order valence-electron chi connectivity index (χ3n) is 3.35. The highest BCUT2D eigenvalue weighted by atomic mass is 35.5. The SMILES string of the molecule is Cc1ccc(C(C)Nc2cccc(Cl)c2Cl)cc1C. The van der Waals surface area contributed by atoms with E-state index in [2.05, 4.69) is 44.3 Å². The van der Waals surface area contributed by atoms with Crippen molar-refractivity contribution in [2.45, 2.75) is 26.8 Å². The molecular weight excluding hydrogens is 277 g/mol. The number of nitrogens with one attached hydrogen (secondary N) is 1. The summed E-state index contributed by atoms with van der Waals surface area (Å²) in [5, 5.41) is 4.54. The second kappa shape index (κ2) is 5.85. The number of aryl methyl sites for hydroxylation is 2. The fourth-order valence-electron chi connectivity index (χ4n) is 1.97. The topological polar surface area (TPSA) is 12.0 Å². The van der Waals surface area contributed by atoms with Crippen LogP contribution in [-0.4, -0.2) is 0 Å². The van der Waals surface area contributed by atoms with Crippen LogP contribution in [0.25, 0.3) is 0 Å². The summed E-state index contributed by atoms with van der Waals surface area (Å²) in [5.74, 6) is 0. The predicted molar refractivity (Wildman–Crippen MR) is 84.4 cm³/mol. The Bertz CT molecular complexity index is 593. The molecule has 2 aromatic carbocycles. The molecule has 1 N–H and O–H groups in total. The van der Waals surface area contributed by atoms with Gasteiger partial charge in [0, 0.05) is 6.04 Å². The number of rotatable bonds is 3. The van der Waals surface area contributed by atoms with Crippen molar-refractivity contribution in [1.29, 1.82) is 0 Å². The molecule has 0 amide bonds. The third kappa shape index (κ3) is 3.23. The van der Waals surface area contributed by atoms with Gasteiger partial charge in [-0.1, -0.05) is 47.5 Å². The average molecular weight is 294 g/mol. The van der Waals surface area contributed by atoms with E-state index in [4.69, 9.17) is 23.2 Å². The van der Waals surface area contributed by atoms with Crippen molar-refractivity contribution in [2.75, 3.05) is 5.32 Å². The summed E-state index contributed by atoms with van der Waals surface area (Å²) < 4.78 is 0. The van der Waals surface area contributed by atoms with E-state index in [0.717, 1.165) is 5.69 Å². The van der Waals surface area contributed by atoms with Crippen LogP contribution in [0.5, 0.6) is 0 Å². The molecule has 0 aliphatic carbocycles. The lowest BCUT2D eigenvalue weighted by Gasteiger charge is -2.18. The highest BCUT2D eigenvalue weighted by Gasteiger charge is 2.10. The van der Waals surface area contributed by atoms with Gasteiger partial charge in [-0.15, -0.1) is 0 Å². The summed E-state index contributed by atoms with van der Waals surface area (Å²) in [7, 11) is 0. The van der Waals surface area contributed by atoms with Gasteiger partial charge in [0.2, 0.25) is 0 Å². The van der Waals surface area contributed by atoms with Crippen LogP contribution in [0.2, 0.25) is 10.0 Å². The van der Waals surface area contributed by atoms with Gasteiger partial charge in [0.1, 0.15) is 0 Å². The van der Waals surface area contributed by atoms with Crippen molar-refractivity contribution in [2.24, 2.45) is 0 Å². The Balaban J connectivity index is 2.23. The molecule has 0 saturated carbocycles. The molecule has 0 aliphatic rings. The molecule has 1 unspecified atom stereocenters. The lowest BCUT2D eigenvalue weighted by atomic mass is 10.0. The van der Waals surface area contributed by atoms with Gasteiger partial charge in [0.15, 0.2) is 0 Å². The zero-order valence-corrected chi connectivity index (χ0v) is 12.8. The summed E-state index contributed by atoms with van der Waals surface area (Å²) in [6.07, 6.45) is 0. The molecule has 0 spiro atoms. The minimum atomic E-state index is 0.176. The van der Waals surface area contributed by atoms with Crippen LogP contribution in [0, 0.1) is 13.8 Å². The van der Waals surface area contributed by atoms with Crippen LogP contribution < -0.4 is 5.32 Å². The Labute approximate surface area is 124 Å². The molecule has 2 rings (SSSR count). The van der Waals surface area contributed by atoms with Gasteiger partial charge in [0.25, 0.3) is 0 Å². The van der Waals surface area contributed by atoms with Crippen LogP contribution in [0.3, 0.4) is 0 Å². The Hall–Kier alpha value is -1.18. The molecule has 1 nitrogen and oxygen atoms in total. The molecule has 3 heteroatoms. The van der Waals surface area contributed by atoms with Gasteiger partial charge >= 0.3 is 0 Å². The van der Waals surface area contributed by atoms with E-state index in [1.807, 2.05) is 12.1 Å². The van der Waals surface area contributed by atoms with E-state index < -0.39 is 0 Å². The first kappa shape index (κ1) is 14.2. The Morgan fingerprint density at radius 3 is 2.42 bits per heavy atom. The smallest absolute Gasteiger partial charge is 0.0823 e. The maximum atomic E-state index is 6.19. The fourth-order valence-corrected chi connectivity index (χ4v) is 2.32. The van der Waals surface area contributed by atoms with Gasteiger partial charge in [-0.05, 0) is 49.6 Å². The van der Waals surface area contributed by atoms with Crippen molar-refractivity contribution >= 4 is 28.9 Å². The number of anilines is 1. The van der Waals surface area contributed by atoms with Crippen LogP contribution in [-0.2, 0) is 0 Å². The van der Waals surface area contributed by atoms with E-state index in [1.54, 1.807) is 6.07 Å². The number of hydrogen-bond donors (Lipinski definition) is 1. The van der Waals surface area contributed by atoms with Crippen LogP contribution >= 0.6 is 23.2 Å². The van der Waals surface area contributed by atoms with E-state index in [1.165, 1.54) is 16.7 Å². The Morgan fingerprint density at radius 2 is 1.74 bits per heavy atom. The van der Waals surface area contributed by atoms with Crippen molar-refractivity contribution in [1.82, 2.24) is 0 Å². The summed E-state index contributed by atoms with van der Waals surface area (Å²) in [4.78, 5) is 0. The maximum Gasteiger partial charge on any atom is 0.0823 e. The second-order valence-electron chi connectivity index (χ2n) is 4.81. The van der Waals surface area contributed by atoms with Crippen molar-refractivity contribution in [3.05, 3.63) is 63.1 Å². The van der Waals surface area contributed by atoms with Crippen molar-refractivity contribution in [3.63, 3.8) is 0 Å². The first-order valence-corrected chi connectivity index (χ1v) is 7.02. The summed E-state index contributed by atoms with van der Waals surface area (Å²) >= 11 is 12.2. The normalized spacial score (nSPS) is 12.3. The monoisotopic (exact) mass is 293 g/mol. The molecule has 1 atom stereocenters. The van der Waals surface area contributed by atoms with E-state index in [0.29, 0.717) is 10.0 Å². The summed E-state index contributed by atoms with van der Waals surface area (Å²) in [6.45, 7) is 6.35. The largest absolute Gasteiger partial charge is 0.377 e. The molecular formula is C16H17Cl2N. The first-order valence-electron chi connectivity index (χ1n) is 6.26. The lowest BCUT2D eigenvalue weighted by molar-refractivity contribution is 0.882. The van der Waals surface area contributed by atoms with Crippen molar-refractivity contribution in [3.8, 4) is 0 Å². The van der Waals surface area contributed by atoms with Crippen LogP contribution in [0.1, 0.15) is 29.7 Å². The van der Waals surface area contributed by atoms with Crippen LogP contribution in [0.15, 0.2) is 36.4 Å². The number of benzene rings is 2. The zero-order valence-electron chi connectivity index (χ0n) is 11.3. The molecule has 100 valence electrons. The highest BCUT2D eigenvalue weighted by Crippen LogP contribution is 2.32. The molecule has 0 radical (unpaired) electrons. The van der Waals surface area contributed by atoms with Crippen LogP contribution in [0.4, 0.5) is 5.69 Å². The molecule has 19 heavy (non-hydrogen) atoms. The van der Waals surface area contributed by atoms with Gasteiger partial charge < -0.3 is 5.32 Å². The fraction of sp³-hybridized carbons (Fsp3) is 0.250. The first-order chi connectivity index (χ1) is 8.99. The quantitative estimate of drug-likeness (QED) is 0.756. The summed E-state index contributed by atoms with van der Waals surface area (Å²) in [6, 6.07) is 12.3. The average Bonchev–Trinajstić information content (AvgIpc) is 2.38. The minimum Gasteiger partial charge on any atom is -0.377 e. The molecule has 2 aromatic rings. The molecule has 0 bridgehead atoms. The minimum absolute atomic E-state index is 0.176. The predicted octanol–water partition coefficient (Wildman–Crippen LogP) is 5.78. The van der Waals surface area contributed by atoms with E-state index in [-0.39, 0.29) is 6.04 Å². The molecule has 0 saturated heterocycles. The van der Waals surface area contributed by atoms with Crippen molar-refractivity contribution < 1.29 is 0 Å². The van der Waals surface area contributed by atoms with Gasteiger partial charge in [-0.3, -0.25) is 0 Å². The maximum absolute atomic E-state index is 6.19. The Morgan fingerprint density at radius 1 is 1.00 bits per heavy atom. The summed E-state index contributed by atoms with van der Waals surface area (Å²) in [5.41, 5.74) is 4.69. The standard InChI is InChI=1S/C16H17Cl2N/c1-10-7-8-13(9-11(10)2)12(3)19-15-6-4-5-14(17)16(15)18/h4-9,12,19H,1-3H3. The molecule has 0 heterocycles. The lowest BCUT2D eigenvalue weighted by Crippen LogP contribution is -2.07. The molecule has 0 fully saturated rings. The zero-order chi connectivity index (χ0) is 14.0.